The fraction of sp³-hybridized carbons (Fsp3) is 0.200. The number of aromatic nitrogens is 2. The number of carboxylic acids is 1. The van der Waals surface area contributed by atoms with Gasteiger partial charge in [0.05, 0.1) is 12.6 Å². The van der Waals surface area contributed by atoms with Crippen molar-refractivity contribution in [2.45, 2.75) is 6.42 Å². The van der Waals surface area contributed by atoms with Crippen molar-refractivity contribution in [3.8, 4) is 5.75 Å². The van der Waals surface area contributed by atoms with Gasteiger partial charge < -0.3 is 14.2 Å². The van der Waals surface area contributed by atoms with Gasteiger partial charge in [-0.1, -0.05) is 11.6 Å². The van der Waals surface area contributed by atoms with Crippen LogP contribution in [0.3, 0.4) is 0 Å². The molecule has 6 heteroatoms. The number of halogens is 1. The van der Waals surface area contributed by atoms with Crippen molar-refractivity contribution < 1.29 is 14.6 Å². The smallest absolute Gasteiger partial charge is 0.311 e. The molecule has 0 atom stereocenters. The van der Waals surface area contributed by atoms with Gasteiger partial charge in [-0.3, -0.25) is 4.79 Å². The maximum Gasteiger partial charge on any atom is 0.311 e. The normalized spacial score (nSPS) is 10.6. The third kappa shape index (κ3) is 1.81. The summed E-state index contributed by atoms with van der Waals surface area (Å²) in [6, 6.07) is 3.43. The predicted octanol–water partition coefficient (Wildman–Crippen LogP) is 1.62. The largest absolute Gasteiger partial charge is 0.497 e. The summed E-state index contributed by atoms with van der Waals surface area (Å²) >= 11 is 5.91. The third-order valence-electron chi connectivity index (χ3n) is 2.19. The molecule has 0 radical (unpaired) electrons. The second-order valence-corrected chi connectivity index (χ2v) is 3.57. The van der Waals surface area contributed by atoms with Gasteiger partial charge in [-0.2, -0.15) is 0 Å². The number of fused-ring (bicyclic) bond motifs is 1. The summed E-state index contributed by atoms with van der Waals surface area (Å²) in [5.41, 5.74) is 0.636. The number of hydrogen-bond acceptors (Lipinski definition) is 3. The fourth-order valence-corrected chi connectivity index (χ4v) is 1.72. The van der Waals surface area contributed by atoms with E-state index in [1.54, 1.807) is 29.8 Å². The highest BCUT2D eigenvalue weighted by Gasteiger charge is 2.12. The Hall–Kier alpha value is -1.75. The average molecular weight is 241 g/mol. The molecule has 0 aromatic carbocycles. The summed E-state index contributed by atoms with van der Waals surface area (Å²) in [6.07, 6.45) is 1.52. The Bertz CT molecular complexity index is 550. The first kappa shape index (κ1) is 10.8. The van der Waals surface area contributed by atoms with Crippen LogP contribution >= 0.6 is 11.6 Å². The maximum absolute atomic E-state index is 10.6. The lowest BCUT2D eigenvalue weighted by molar-refractivity contribution is -0.136. The van der Waals surface area contributed by atoms with E-state index in [1.807, 2.05) is 0 Å². The highest BCUT2D eigenvalue weighted by Crippen LogP contribution is 2.22. The Morgan fingerprint density at radius 1 is 1.69 bits per heavy atom. The van der Waals surface area contributed by atoms with Gasteiger partial charge >= 0.3 is 5.97 Å². The highest BCUT2D eigenvalue weighted by atomic mass is 35.5. The lowest BCUT2D eigenvalue weighted by atomic mass is 10.3. The Morgan fingerprint density at radius 2 is 2.44 bits per heavy atom. The minimum atomic E-state index is -0.945. The fourth-order valence-electron chi connectivity index (χ4n) is 1.48. The number of hydrogen-bond donors (Lipinski definition) is 1. The number of pyridine rings is 1. The lowest BCUT2D eigenvalue weighted by Crippen LogP contribution is -2.04. The molecule has 0 fully saturated rings. The molecule has 1 N–H and O–H groups in total. The van der Waals surface area contributed by atoms with E-state index >= 15 is 0 Å². The number of nitrogens with zero attached hydrogens (tertiary/aromatic N) is 2. The van der Waals surface area contributed by atoms with Crippen molar-refractivity contribution >= 4 is 23.1 Å². The quantitative estimate of drug-likeness (QED) is 0.886. The number of methoxy groups -OCH3 is 1. The molecule has 0 aliphatic rings. The number of imidazole rings is 1. The van der Waals surface area contributed by atoms with Gasteiger partial charge in [-0.25, -0.2) is 4.98 Å². The van der Waals surface area contributed by atoms with Gasteiger partial charge in [0.25, 0.3) is 0 Å². The second-order valence-electron chi connectivity index (χ2n) is 3.21. The zero-order valence-electron chi connectivity index (χ0n) is 8.48. The van der Waals surface area contributed by atoms with Crippen LogP contribution in [0.2, 0.25) is 5.15 Å². The minimum absolute atomic E-state index is 0.166. The zero-order chi connectivity index (χ0) is 11.7. The monoisotopic (exact) mass is 240 g/mol. The van der Waals surface area contributed by atoms with Crippen molar-refractivity contribution in [2.75, 3.05) is 7.11 Å². The summed E-state index contributed by atoms with van der Waals surface area (Å²) in [5.74, 6) is 0.103. The van der Waals surface area contributed by atoms with Crippen LogP contribution in [0, 0.1) is 0 Å². The van der Waals surface area contributed by atoms with E-state index in [0.29, 0.717) is 17.1 Å². The molecule has 0 amide bonds. The lowest BCUT2D eigenvalue weighted by Gasteiger charge is -2.01. The highest BCUT2D eigenvalue weighted by molar-refractivity contribution is 6.32. The van der Waals surface area contributed by atoms with Crippen molar-refractivity contribution in [1.82, 2.24) is 9.38 Å². The Balaban J connectivity index is 2.57. The van der Waals surface area contributed by atoms with Crippen LogP contribution in [0.1, 0.15) is 5.82 Å². The first-order chi connectivity index (χ1) is 7.61. The van der Waals surface area contributed by atoms with E-state index in [9.17, 15) is 4.79 Å². The molecule has 0 saturated heterocycles. The summed E-state index contributed by atoms with van der Waals surface area (Å²) in [5, 5.41) is 8.99. The predicted molar refractivity (Wildman–Crippen MR) is 58.1 cm³/mol. The molecular weight excluding hydrogens is 232 g/mol. The number of carbonyl (C=O) groups is 1. The Kier molecular flexibility index (Phi) is 2.70. The van der Waals surface area contributed by atoms with E-state index in [1.165, 1.54) is 0 Å². The molecule has 0 aliphatic carbocycles. The van der Waals surface area contributed by atoms with E-state index < -0.39 is 5.97 Å². The molecule has 84 valence electrons. The third-order valence-corrected chi connectivity index (χ3v) is 2.47. The van der Waals surface area contributed by atoms with E-state index in [-0.39, 0.29) is 11.6 Å². The van der Waals surface area contributed by atoms with E-state index in [0.717, 1.165) is 0 Å². The molecule has 5 nitrogen and oxygen atoms in total. The van der Waals surface area contributed by atoms with Crippen LogP contribution in [-0.2, 0) is 11.2 Å². The summed E-state index contributed by atoms with van der Waals surface area (Å²) < 4.78 is 6.69. The standard InChI is InChI=1S/C10H9ClN2O3/c1-16-6-2-3-13-7(4-6)10(11)12-8(13)5-9(14)15/h2-4H,5H2,1H3,(H,14,15). The molecule has 2 aromatic heterocycles. The number of aliphatic carboxylic acids is 1. The molecule has 0 unspecified atom stereocenters. The number of ether oxygens (including phenoxy) is 1. The topological polar surface area (TPSA) is 63.8 Å². The summed E-state index contributed by atoms with van der Waals surface area (Å²) in [7, 11) is 1.55. The molecule has 0 bridgehead atoms. The molecule has 0 spiro atoms. The van der Waals surface area contributed by atoms with Gasteiger partial charge in [0.2, 0.25) is 0 Å². The molecule has 0 saturated carbocycles. The zero-order valence-corrected chi connectivity index (χ0v) is 9.23. The maximum atomic E-state index is 10.6. The molecular formula is C10H9ClN2O3. The average Bonchev–Trinajstić information content (AvgIpc) is 2.54. The Labute approximate surface area is 96.2 Å². The van der Waals surface area contributed by atoms with Gasteiger partial charge in [0, 0.05) is 12.3 Å². The van der Waals surface area contributed by atoms with Crippen molar-refractivity contribution in [3.63, 3.8) is 0 Å². The van der Waals surface area contributed by atoms with Gasteiger partial charge in [-0.05, 0) is 6.07 Å². The van der Waals surface area contributed by atoms with Crippen molar-refractivity contribution in [2.24, 2.45) is 0 Å². The SMILES string of the molecule is COc1ccn2c(CC(=O)O)nc(Cl)c2c1. The Morgan fingerprint density at radius 3 is 3.06 bits per heavy atom. The van der Waals surface area contributed by atoms with Gasteiger partial charge in [-0.15, -0.1) is 0 Å². The van der Waals surface area contributed by atoms with E-state index in [2.05, 4.69) is 4.98 Å². The van der Waals surface area contributed by atoms with Gasteiger partial charge in [0.1, 0.15) is 18.0 Å². The van der Waals surface area contributed by atoms with Crippen LogP contribution < -0.4 is 4.74 Å². The van der Waals surface area contributed by atoms with Crippen LogP contribution in [0.15, 0.2) is 18.3 Å². The van der Waals surface area contributed by atoms with Crippen LogP contribution in [0.25, 0.3) is 5.52 Å². The summed E-state index contributed by atoms with van der Waals surface area (Å²) in [4.78, 5) is 14.6. The summed E-state index contributed by atoms with van der Waals surface area (Å²) in [6.45, 7) is 0. The number of carboxylic acid groups (broad SMARTS) is 1. The van der Waals surface area contributed by atoms with Crippen LogP contribution in [-0.4, -0.2) is 27.6 Å². The first-order valence-electron chi connectivity index (χ1n) is 4.54. The first-order valence-corrected chi connectivity index (χ1v) is 4.92. The van der Waals surface area contributed by atoms with Gasteiger partial charge in [0.15, 0.2) is 5.15 Å². The molecule has 2 aromatic rings. The molecule has 0 aliphatic heterocycles. The molecule has 16 heavy (non-hydrogen) atoms. The van der Waals surface area contributed by atoms with Crippen molar-refractivity contribution in [3.05, 3.63) is 29.3 Å². The van der Waals surface area contributed by atoms with Crippen LogP contribution in [0.5, 0.6) is 5.75 Å². The van der Waals surface area contributed by atoms with Crippen LogP contribution in [0.4, 0.5) is 0 Å². The number of rotatable bonds is 3. The van der Waals surface area contributed by atoms with E-state index in [4.69, 9.17) is 21.4 Å². The second kappa shape index (κ2) is 4.02. The molecule has 2 heterocycles. The van der Waals surface area contributed by atoms with Crippen molar-refractivity contribution in [1.29, 1.82) is 0 Å². The minimum Gasteiger partial charge on any atom is -0.497 e. The molecule has 2 rings (SSSR count).